The molecule has 5 heteroatoms. The number of allylic oxidation sites excluding steroid dienone is 9. The molecule has 0 aromatic heterocycles. The fourth-order valence-corrected chi connectivity index (χ4v) is 12.6. The van der Waals surface area contributed by atoms with E-state index in [9.17, 15) is 25.5 Å². The minimum absolute atomic E-state index is 0.144. The molecule has 62 heavy (non-hydrogen) atoms. The highest BCUT2D eigenvalue weighted by atomic mass is 16.3. The molecule has 4 unspecified atom stereocenters. The summed E-state index contributed by atoms with van der Waals surface area (Å²) in [6.07, 6.45) is 31.1. The van der Waals surface area contributed by atoms with Crippen molar-refractivity contribution in [3.05, 3.63) is 95.2 Å². The lowest BCUT2D eigenvalue weighted by Crippen LogP contribution is -2.35. The molecule has 0 amide bonds. The first-order valence-corrected chi connectivity index (χ1v) is 24.8. The van der Waals surface area contributed by atoms with Gasteiger partial charge in [-0.05, 0) is 173 Å². The number of hydrogen-bond acceptors (Lipinski definition) is 5. The van der Waals surface area contributed by atoms with E-state index < -0.39 is 30.0 Å². The third-order valence-corrected chi connectivity index (χ3v) is 17.8. The summed E-state index contributed by atoms with van der Waals surface area (Å²) in [4.78, 5) is 0. The Morgan fingerprint density at radius 3 is 1.24 bits per heavy atom. The Morgan fingerprint density at radius 1 is 0.548 bits per heavy atom. The monoisotopic (exact) mass is 855 g/mol. The van der Waals surface area contributed by atoms with E-state index in [0.717, 1.165) is 23.5 Å². The van der Waals surface area contributed by atoms with E-state index in [0.29, 0.717) is 88.6 Å². The van der Waals surface area contributed by atoms with E-state index in [1.54, 1.807) is 11.1 Å². The lowest BCUT2D eigenvalue weighted by Gasteiger charge is -2.44. The van der Waals surface area contributed by atoms with Crippen LogP contribution in [0.15, 0.2) is 95.2 Å². The number of fused-ring (bicyclic) bond motifs is 2. The first kappa shape index (κ1) is 50.7. The Hall–Kier alpha value is -2.28. The van der Waals surface area contributed by atoms with Crippen LogP contribution in [0.2, 0.25) is 0 Å². The van der Waals surface area contributed by atoms with Gasteiger partial charge in [-0.1, -0.05) is 146 Å². The fraction of sp³-hybridized carbons (Fsp3) is 0.719. The first-order valence-electron chi connectivity index (χ1n) is 24.8. The summed E-state index contributed by atoms with van der Waals surface area (Å²) in [6.45, 7) is 32.6. The Bertz CT molecular complexity index is 1600. The van der Waals surface area contributed by atoms with Gasteiger partial charge in [-0.25, -0.2) is 0 Å². The molecule has 0 saturated heterocycles. The third-order valence-electron chi connectivity index (χ3n) is 17.8. The second-order valence-electron chi connectivity index (χ2n) is 23.4. The van der Waals surface area contributed by atoms with Gasteiger partial charge in [-0.3, -0.25) is 0 Å². The lowest BCUT2D eigenvalue weighted by molar-refractivity contribution is 0.0436. The molecule has 6 aliphatic rings. The van der Waals surface area contributed by atoms with Gasteiger partial charge >= 0.3 is 0 Å². The molecule has 348 valence electrons. The van der Waals surface area contributed by atoms with Crippen molar-refractivity contribution in [1.82, 2.24) is 0 Å². The summed E-state index contributed by atoms with van der Waals surface area (Å²) in [7, 11) is 0. The standard InChI is InChI=1S/C29H46O2.C28H44O3/c1-19(10-11-20(2)28(4,5)6)24-14-15-25-23(9-8-16-29(24,25)7)13-12-22-17-26(30)21(3)27(31)18-22;1-18(9-10-19(2)27(4,5)31)23-13-14-24-22(8-7-15-28(23,24)6)12-11-21-16-25(29)20(3)26(30)17-21/h10-13,19-20,24-27,30-31H,3,8-9,14-18H2,1-2,4-7H3;9-12,18-19,23-26,29-31H,3,7-8,13-17H2,1-2,4-6H3/b11-10+,23-13+;10-9+,22-12+/t19-,20+,24?,25?,26-,27-,29-;18-,19-,23?,24?,25-,26-,28-/m11/s1. The van der Waals surface area contributed by atoms with Crippen molar-refractivity contribution in [3.63, 3.8) is 0 Å². The zero-order chi connectivity index (χ0) is 45.9. The van der Waals surface area contributed by atoms with Gasteiger partial charge in [0.2, 0.25) is 0 Å². The molecule has 6 aliphatic carbocycles. The SMILES string of the molecule is C=C1[C@H](O)CC(=C/C=C2\CCC[C@@]3(C)C2CCC3[C@H](C)/C=C/[C@@H](C)C(C)(C)O)C[C@H]1O.C=C1[C@H](O)CC(=C/C=C2\CCC[C@@]3(C)C2CCC3[C@H](C)/C=C/[C@H](C)C(C)(C)C)C[C@H]1O. The average molecular weight is 855 g/mol. The van der Waals surface area contributed by atoms with Crippen molar-refractivity contribution < 1.29 is 25.5 Å². The van der Waals surface area contributed by atoms with Crippen molar-refractivity contribution >= 4 is 0 Å². The molecule has 14 atom stereocenters. The molecule has 0 heterocycles. The van der Waals surface area contributed by atoms with Crippen molar-refractivity contribution in [3.8, 4) is 0 Å². The summed E-state index contributed by atoms with van der Waals surface area (Å²) in [6, 6.07) is 0. The number of hydrogen-bond donors (Lipinski definition) is 5. The molecule has 0 radical (unpaired) electrons. The predicted octanol–water partition coefficient (Wildman–Crippen LogP) is 12.7. The van der Waals surface area contributed by atoms with E-state index in [2.05, 4.69) is 124 Å². The molecule has 5 nitrogen and oxygen atoms in total. The fourth-order valence-electron chi connectivity index (χ4n) is 12.6. The summed E-state index contributed by atoms with van der Waals surface area (Å²) in [5.41, 5.74) is 6.88. The summed E-state index contributed by atoms with van der Waals surface area (Å²) in [5.74, 6) is 4.57. The Labute approximate surface area is 379 Å². The first-order chi connectivity index (χ1) is 28.9. The lowest BCUT2D eigenvalue weighted by atomic mass is 9.61. The van der Waals surface area contributed by atoms with Crippen molar-refractivity contribution in [2.75, 3.05) is 0 Å². The van der Waals surface area contributed by atoms with Crippen LogP contribution >= 0.6 is 0 Å². The van der Waals surface area contributed by atoms with E-state index in [-0.39, 0.29) is 5.92 Å². The highest BCUT2D eigenvalue weighted by molar-refractivity contribution is 5.31. The average Bonchev–Trinajstić information content (AvgIpc) is 3.74. The minimum Gasteiger partial charge on any atom is -0.390 e. The van der Waals surface area contributed by atoms with Crippen molar-refractivity contribution in [2.24, 2.45) is 63.6 Å². The molecule has 0 aromatic rings. The Balaban J connectivity index is 0.000000234. The molecular weight excluding hydrogens is 765 g/mol. The topological polar surface area (TPSA) is 101 Å². The number of aliphatic hydroxyl groups excluding tert-OH is 4. The van der Waals surface area contributed by atoms with Gasteiger partial charge < -0.3 is 25.5 Å². The maximum Gasteiger partial charge on any atom is 0.0809 e. The highest BCUT2D eigenvalue weighted by Gasteiger charge is 2.51. The zero-order valence-electron chi connectivity index (χ0n) is 41.1. The highest BCUT2D eigenvalue weighted by Crippen LogP contribution is 2.61. The smallest absolute Gasteiger partial charge is 0.0809 e. The van der Waals surface area contributed by atoms with Crippen LogP contribution in [0.3, 0.4) is 0 Å². The molecule has 5 N–H and O–H groups in total. The van der Waals surface area contributed by atoms with Crippen LogP contribution in [0.5, 0.6) is 0 Å². The van der Waals surface area contributed by atoms with E-state index in [1.165, 1.54) is 57.8 Å². The van der Waals surface area contributed by atoms with Gasteiger partial charge in [0.15, 0.2) is 0 Å². The molecule has 6 fully saturated rings. The van der Waals surface area contributed by atoms with E-state index >= 15 is 0 Å². The van der Waals surface area contributed by atoms with Crippen LogP contribution < -0.4 is 0 Å². The van der Waals surface area contributed by atoms with Crippen molar-refractivity contribution in [2.45, 2.75) is 196 Å². The van der Waals surface area contributed by atoms with Crippen LogP contribution in [-0.2, 0) is 0 Å². The molecule has 0 aliphatic heterocycles. The molecule has 0 spiro atoms. The van der Waals surface area contributed by atoms with Gasteiger partial charge in [0.1, 0.15) is 0 Å². The number of aliphatic hydroxyl groups is 5. The Morgan fingerprint density at radius 2 is 0.903 bits per heavy atom. The molecule has 0 bridgehead atoms. The van der Waals surface area contributed by atoms with Crippen LogP contribution in [0.25, 0.3) is 0 Å². The van der Waals surface area contributed by atoms with Crippen LogP contribution in [0.1, 0.15) is 166 Å². The van der Waals surface area contributed by atoms with Gasteiger partial charge in [-0.2, -0.15) is 0 Å². The minimum atomic E-state index is -0.681. The van der Waals surface area contributed by atoms with Gasteiger partial charge in [0.05, 0.1) is 30.0 Å². The molecule has 6 saturated carbocycles. The summed E-state index contributed by atoms with van der Waals surface area (Å²) in [5, 5.41) is 50.8. The third kappa shape index (κ3) is 11.7. The van der Waals surface area contributed by atoms with Crippen molar-refractivity contribution in [1.29, 1.82) is 0 Å². The van der Waals surface area contributed by atoms with Crippen LogP contribution in [0.4, 0.5) is 0 Å². The molecular formula is C57H90O5. The predicted molar refractivity (Wildman–Crippen MR) is 260 cm³/mol. The summed E-state index contributed by atoms with van der Waals surface area (Å²) >= 11 is 0. The van der Waals surface area contributed by atoms with E-state index in [1.807, 2.05) is 13.8 Å². The van der Waals surface area contributed by atoms with Gasteiger partial charge in [-0.15, -0.1) is 0 Å². The van der Waals surface area contributed by atoms with Crippen LogP contribution in [0, 0.1) is 63.6 Å². The second kappa shape index (κ2) is 20.5. The van der Waals surface area contributed by atoms with Gasteiger partial charge in [0, 0.05) is 5.92 Å². The van der Waals surface area contributed by atoms with E-state index in [4.69, 9.17) is 0 Å². The quantitative estimate of drug-likeness (QED) is 0.149. The largest absolute Gasteiger partial charge is 0.390 e. The maximum absolute atomic E-state index is 10.3. The van der Waals surface area contributed by atoms with Crippen LogP contribution in [-0.4, -0.2) is 55.5 Å². The molecule has 6 rings (SSSR count). The zero-order valence-corrected chi connectivity index (χ0v) is 41.1. The maximum atomic E-state index is 10.3. The molecule has 0 aromatic carbocycles. The summed E-state index contributed by atoms with van der Waals surface area (Å²) < 4.78 is 0. The normalized spacial score (nSPS) is 37.9. The number of rotatable bonds is 9. The van der Waals surface area contributed by atoms with Gasteiger partial charge in [0.25, 0.3) is 0 Å². The Kier molecular flexibility index (Phi) is 16.8. The second-order valence-corrected chi connectivity index (χ2v) is 23.4.